The Labute approximate surface area is 194 Å². The lowest BCUT2D eigenvalue weighted by Crippen LogP contribution is -2.51. The monoisotopic (exact) mass is 467 g/mol. The summed E-state index contributed by atoms with van der Waals surface area (Å²) in [4.78, 5) is 18.8. The molecule has 33 heavy (non-hydrogen) atoms. The summed E-state index contributed by atoms with van der Waals surface area (Å²) in [5.74, 6) is 0.535. The lowest BCUT2D eigenvalue weighted by molar-refractivity contribution is -0.00860. The van der Waals surface area contributed by atoms with Crippen LogP contribution in [0.2, 0.25) is 0 Å². The Morgan fingerprint density at radius 3 is 2.67 bits per heavy atom. The first kappa shape index (κ1) is 22.0. The number of aromatic amines is 1. The van der Waals surface area contributed by atoms with E-state index in [9.17, 15) is 13.2 Å². The van der Waals surface area contributed by atoms with Gasteiger partial charge in [-0.05, 0) is 37.1 Å². The summed E-state index contributed by atoms with van der Waals surface area (Å²) in [6.45, 7) is 4.83. The number of nitrogens with one attached hydrogen (secondary N) is 2. The van der Waals surface area contributed by atoms with Gasteiger partial charge in [-0.25, -0.2) is 8.42 Å². The number of piperidine rings is 1. The molecule has 0 aliphatic carbocycles. The fourth-order valence-electron chi connectivity index (χ4n) is 5.16. The first-order valence-corrected chi connectivity index (χ1v) is 13.2. The van der Waals surface area contributed by atoms with Crippen molar-refractivity contribution in [1.82, 2.24) is 9.88 Å². The van der Waals surface area contributed by atoms with Crippen molar-refractivity contribution in [2.75, 3.05) is 30.6 Å². The summed E-state index contributed by atoms with van der Waals surface area (Å²) >= 11 is 0. The molecule has 1 spiro atoms. The standard InChI is InChI=1S/C25H29N3O4S/c1-17-19(20-5-3-4-6-22(20)26-17)9-12-28-13-10-25(11-14-28)16-23(29)21-8-7-18(15-24(21)32-25)27-33(2,30)31/h3-8,15,26-27H,9-14,16H2,1-2H3. The van der Waals surface area contributed by atoms with Crippen molar-refractivity contribution < 1.29 is 17.9 Å². The third-order valence-electron chi connectivity index (χ3n) is 6.87. The highest BCUT2D eigenvalue weighted by Gasteiger charge is 2.43. The number of ether oxygens (including phenoxy) is 1. The second kappa shape index (κ2) is 8.18. The second-order valence-electron chi connectivity index (χ2n) is 9.34. The van der Waals surface area contributed by atoms with Gasteiger partial charge in [0.1, 0.15) is 11.4 Å². The van der Waals surface area contributed by atoms with Crippen LogP contribution in [0.3, 0.4) is 0 Å². The number of ketones is 1. The highest BCUT2D eigenvalue weighted by molar-refractivity contribution is 7.92. The number of sulfonamides is 1. The number of hydrogen-bond acceptors (Lipinski definition) is 5. The molecule has 2 N–H and O–H groups in total. The number of aryl methyl sites for hydroxylation is 1. The molecule has 0 atom stereocenters. The minimum atomic E-state index is -3.40. The number of benzene rings is 2. The SMILES string of the molecule is Cc1[nH]c2ccccc2c1CCN1CCC2(CC1)CC(=O)c1ccc(NS(C)(=O)=O)cc1O2. The van der Waals surface area contributed by atoms with Crippen molar-refractivity contribution in [2.45, 2.75) is 38.2 Å². The largest absolute Gasteiger partial charge is 0.486 e. The summed E-state index contributed by atoms with van der Waals surface area (Å²) in [6, 6.07) is 13.3. The lowest BCUT2D eigenvalue weighted by Gasteiger charge is -2.44. The molecule has 5 rings (SSSR count). The van der Waals surface area contributed by atoms with Crippen LogP contribution in [0, 0.1) is 6.92 Å². The molecule has 3 aromatic rings. The molecule has 1 saturated heterocycles. The zero-order valence-corrected chi connectivity index (χ0v) is 19.8. The highest BCUT2D eigenvalue weighted by atomic mass is 32.2. The third kappa shape index (κ3) is 4.50. The van der Waals surface area contributed by atoms with E-state index in [-0.39, 0.29) is 5.78 Å². The molecule has 2 aliphatic rings. The van der Waals surface area contributed by atoms with Gasteiger partial charge in [0.2, 0.25) is 10.0 Å². The van der Waals surface area contributed by atoms with Crippen LogP contribution in [-0.2, 0) is 16.4 Å². The van der Waals surface area contributed by atoms with Crippen molar-refractivity contribution >= 4 is 32.4 Å². The quantitative estimate of drug-likeness (QED) is 0.594. The number of aromatic nitrogens is 1. The van der Waals surface area contributed by atoms with Crippen LogP contribution in [0.1, 0.15) is 40.9 Å². The Balaban J connectivity index is 1.25. The van der Waals surface area contributed by atoms with Crippen molar-refractivity contribution in [2.24, 2.45) is 0 Å². The van der Waals surface area contributed by atoms with Crippen LogP contribution in [-0.4, -0.2) is 55.6 Å². The van der Waals surface area contributed by atoms with Crippen molar-refractivity contribution in [3.8, 4) is 5.75 Å². The minimum Gasteiger partial charge on any atom is -0.486 e. The Morgan fingerprint density at radius 2 is 1.91 bits per heavy atom. The van der Waals surface area contributed by atoms with E-state index in [0.717, 1.165) is 45.2 Å². The van der Waals surface area contributed by atoms with E-state index in [1.807, 2.05) is 0 Å². The number of likely N-dealkylation sites (tertiary alicyclic amines) is 1. The molecule has 3 heterocycles. The summed E-state index contributed by atoms with van der Waals surface area (Å²) < 4.78 is 32.0. The molecule has 8 heteroatoms. The molecule has 174 valence electrons. The topological polar surface area (TPSA) is 91.5 Å². The average Bonchev–Trinajstić information content (AvgIpc) is 3.07. The third-order valence-corrected chi connectivity index (χ3v) is 7.47. The Hall–Kier alpha value is -2.84. The zero-order chi connectivity index (χ0) is 23.2. The molecule has 0 unspecified atom stereocenters. The number of fused-ring (bicyclic) bond motifs is 2. The summed E-state index contributed by atoms with van der Waals surface area (Å²) in [5, 5.41) is 1.29. The molecular formula is C25H29N3O4S. The molecule has 0 saturated carbocycles. The second-order valence-corrected chi connectivity index (χ2v) is 11.1. The van der Waals surface area contributed by atoms with Crippen molar-refractivity contribution in [3.05, 3.63) is 59.3 Å². The van der Waals surface area contributed by atoms with Crippen LogP contribution in [0.25, 0.3) is 10.9 Å². The van der Waals surface area contributed by atoms with Gasteiger partial charge in [0, 0.05) is 55.1 Å². The predicted molar refractivity (Wildman–Crippen MR) is 130 cm³/mol. The van der Waals surface area contributed by atoms with Crippen LogP contribution in [0.5, 0.6) is 5.75 Å². The minimum absolute atomic E-state index is 0.0602. The first-order valence-electron chi connectivity index (χ1n) is 11.3. The number of carbonyl (C=O) groups excluding carboxylic acids is 1. The maximum atomic E-state index is 12.8. The fourth-order valence-corrected chi connectivity index (χ4v) is 5.72. The maximum Gasteiger partial charge on any atom is 0.229 e. The number of carbonyl (C=O) groups is 1. The Kier molecular flexibility index (Phi) is 5.45. The average molecular weight is 468 g/mol. The first-order chi connectivity index (χ1) is 15.7. The molecule has 0 bridgehead atoms. The van der Waals surface area contributed by atoms with E-state index >= 15 is 0 Å². The van der Waals surface area contributed by atoms with Gasteiger partial charge in [-0.15, -0.1) is 0 Å². The van der Waals surface area contributed by atoms with Crippen molar-refractivity contribution in [1.29, 1.82) is 0 Å². The molecule has 0 amide bonds. The van der Waals surface area contributed by atoms with E-state index in [1.54, 1.807) is 18.2 Å². The van der Waals surface area contributed by atoms with Gasteiger partial charge in [-0.3, -0.25) is 9.52 Å². The van der Waals surface area contributed by atoms with E-state index in [1.165, 1.54) is 22.2 Å². The van der Waals surface area contributed by atoms with Crippen molar-refractivity contribution in [3.63, 3.8) is 0 Å². The molecule has 7 nitrogen and oxygen atoms in total. The van der Waals surface area contributed by atoms with E-state index in [0.29, 0.717) is 23.4 Å². The number of hydrogen-bond donors (Lipinski definition) is 2. The smallest absolute Gasteiger partial charge is 0.229 e. The zero-order valence-electron chi connectivity index (χ0n) is 19.0. The summed E-state index contributed by atoms with van der Waals surface area (Å²) in [5.41, 5.74) is 4.20. The van der Waals surface area contributed by atoms with Gasteiger partial charge in [0.05, 0.1) is 23.9 Å². The number of nitrogens with zero attached hydrogens (tertiary/aromatic N) is 1. The summed E-state index contributed by atoms with van der Waals surface area (Å²) in [6.07, 6.45) is 4.00. The van der Waals surface area contributed by atoms with Crippen LogP contribution in [0.4, 0.5) is 5.69 Å². The number of Topliss-reactive ketones (excluding diaryl/α,β-unsaturated/α-hetero) is 1. The molecule has 0 radical (unpaired) electrons. The van der Waals surface area contributed by atoms with Crippen LogP contribution >= 0.6 is 0 Å². The number of H-pyrrole nitrogens is 1. The number of rotatable bonds is 5. The molecule has 1 aromatic heterocycles. The highest BCUT2D eigenvalue weighted by Crippen LogP contribution is 2.40. The van der Waals surface area contributed by atoms with E-state index in [2.05, 4.69) is 45.8 Å². The van der Waals surface area contributed by atoms with Gasteiger partial charge in [0.25, 0.3) is 0 Å². The fraction of sp³-hybridized carbons (Fsp3) is 0.400. The van der Waals surface area contributed by atoms with Crippen LogP contribution < -0.4 is 9.46 Å². The van der Waals surface area contributed by atoms with Gasteiger partial charge >= 0.3 is 0 Å². The molecule has 2 aromatic carbocycles. The van der Waals surface area contributed by atoms with Crippen LogP contribution in [0.15, 0.2) is 42.5 Å². The Bertz CT molecular complexity index is 1320. The lowest BCUT2D eigenvalue weighted by atomic mass is 9.82. The number of anilines is 1. The van der Waals surface area contributed by atoms with Gasteiger partial charge in [0.15, 0.2) is 5.78 Å². The Morgan fingerprint density at radius 1 is 1.15 bits per heavy atom. The normalized spacial score (nSPS) is 18.3. The van der Waals surface area contributed by atoms with Gasteiger partial charge in [-0.2, -0.15) is 0 Å². The van der Waals surface area contributed by atoms with Gasteiger partial charge < -0.3 is 14.6 Å². The molecule has 2 aliphatic heterocycles. The number of para-hydroxylation sites is 1. The van der Waals surface area contributed by atoms with Gasteiger partial charge in [-0.1, -0.05) is 18.2 Å². The maximum absolute atomic E-state index is 12.8. The van der Waals surface area contributed by atoms with E-state index in [4.69, 9.17) is 4.74 Å². The van der Waals surface area contributed by atoms with E-state index < -0.39 is 15.6 Å². The summed E-state index contributed by atoms with van der Waals surface area (Å²) in [7, 11) is -3.40. The molecular weight excluding hydrogens is 438 g/mol. The predicted octanol–water partition coefficient (Wildman–Crippen LogP) is 3.89. The molecule has 1 fully saturated rings.